The van der Waals surface area contributed by atoms with Crippen molar-refractivity contribution in [3.63, 3.8) is 0 Å². The Balaban J connectivity index is 0. The van der Waals surface area contributed by atoms with Crippen LogP contribution in [0, 0.1) is 6.92 Å². The van der Waals surface area contributed by atoms with Crippen molar-refractivity contribution in [2.45, 2.75) is 0 Å². The van der Waals surface area contributed by atoms with Crippen molar-refractivity contribution in [2.24, 2.45) is 5.73 Å². The van der Waals surface area contributed by atoms with Crippen molar-refractivity contribution in [3.8, 4) is 0 Å². The molecule has 0 aromatic rings. The minimum atomic E-state index is -0.583. The van der Waals surface area contributed by atoms with Gasteiger partial charge in [0.05, 0.1) is 5.91 Å². The Bertz CT molecular complexity index is 32.6. The SMILES string of the molecule is [CH2-]C(N)=O.[Rh]. The molecule has 0 aliphatic heterocycles. The molecule has 1 amide bonds. The summed E-state index contributed by atoms with van der Waals surface area (Å²) in [6, 6.07) is 0. The molecule has 0 rings (SSSR count). The molecule has 0 atom stereocenters. The van der Waals surface area contributed by atoms with Crippen molar-refractivity contribution in [2.75, 3.05) is 0 Å². The van der Waals surface area contributed by atoms with E-state index >= 15 is 0 Å². The number of amides is 1. The zero-order valence-corrected chi connectivity index (χ0v) is 4.16. The van der Waals surface area contributed by atoms with Gasteiger partial charge in [-0.2, -0.15) is 0 Å². The van der Waals surface area contributed by atoms with Gasteiger partial charge in [0, 0.05) is 19.5 Å². The van der Waals surface area contributed by atoms with E-state index in [9.17, 15) is 0 Å². The van der Waals surface area contributed by atoms with E-state index in [0.29, 0.717) is 0 Å². The summed E-state index contributed by atoms with van der Waals surface area (Å²) in [5.74, 6) is -0.583. The predicted octanol–water partition coefficient (Wildman–Crippen LogP) is -0.697. The zero-order chi connectivity index (χ0) is 3.58. The smallest absolute Gasteiger partial charge is 0.0770 e. The maximum absolute atomic E-state index is 9.11. The molecule has 33 valence electrons. The minimum Gasteiger partial charge on any atom is -0.395 e. The summed E-state index contributed by atoms with van der Waals surface area (Å²) in [7, 11) is 0. The fourth-order valence-electron chi connectivity index (χ4n) is 0. The van der Waals surface area contributed by atoms with Crippen molar-refractivity contribution in [1.29, 1.82) is 0 Å². The molecule has 0 saturated heterocycles. The molecule has 0 fully saturated rings. The van der Waals surface area contributed by atoms with E-state index in [1.54, 1.807) is 0 Å². The maximum Gasteiger partial charge on any atom is 0.0770 e. The van der Waals surface area contributed by atoms with Crippen LogP contribution in [0.4, 0.5) is 0 Å². The Kier molecular flexibility index (Phi) is 7.04. The van der Waals surface area contributed by atoms with E-state index in [1.165, 1.54) is 0 Å². The molecular formula is C2H4NORh-. The predicted molar refractivity (Wildman–Crippen MR) is 14.6 cm³/mol. The standard InChI is InChI=1S/C2H4NO.Rh/c1-2(3)4;/h1H2,(H2,3,4);/q-1;. The molecule has 1 radical (unpaired) electrons. The van der Waals surface area contributed by atoms with Crippen LogP contribution >= 0.6 is 0 Å². The number of hydrogen-bond acceptors (Lipinski definition) is 1. The number of hydrogen-bond donors (Lipinski definition) is 1. The van der Waals surface area contributed by atoms with E-state index in [0.717, 1.165) is 0 Å². The molecule has 0 bridgehead atoms. The zero-order valence-electron chi connectivity index (χ0n) is 2.53. The molecule has 0 aliphatic carbocycles. The summed E-state index contributed by atoms with van der Waals surface area (Å²) in [5.41, 5.74) is 4.36. The van der Waals surface area contributed by atoms with Crippen LogP contribution in [0.15, 0.2) is 0 Å². The number of rotatable bonds is 0. The fraction of sp³-hybridized carbons (Fsp3) is 0. The summed E-state index contributed by atoms with van der Waals surface area (Å²) in [5, 5.41) is 0. The summed E-state index contributed by atoms with van der Waals surface area (Å²) in [6.07, 6.45) is 0. The Labute approximate surface area is 43.5 Å². The molecule has 0 aromatic heterocycles. The van der Waals surface area contributed by atoms with Crippen LogP contribution in [0.3, 0.4) is 0 Å². The average Bonchev–Trinajstić information content (AvgIpc) is 0.811. The molecule has 0 unspecified atom stereocenters. The van der Waals surface area contributed by atoms with Crippen molar-refractivity contribution >= 4 is 5.91 Å². The summed E-state index contributed by atoms with van der Waals surface area (Å²) < 4.78 is 0. The molecule has 0 aliphatic rings. The summed E-state index contributed by atoms with van der Waals surface area (Å²) >= 11 is 0. The fourth-order valence-corrected chi connectivity index (χ4v) is 0. The van der Waals surface area contributed by atoms with Gasteiger partial charge in [-0.05, 0) is 0 Å². The van der Waals surface area contributed by atoms with E-state index in [2.05, 4.69) is 12.7 Å². The third-order valence-electron chi connectivity index (χ3n) is 0. The summed E-state index contributed by atoms with van der Waals surface area (Å²) in [6.45, 7) is 2.78. The van der Waals surface area contributed by atoms with Crippen LogP contribution in [-0.2, 0) is 24.3 Å². The molecule has 3 heteroatoms. The van der Waals surface area contributed by atoms with Gasteiger partial charge in [0.25, 0.3) is 0 Å². The number of carbonyl (C=O) groups excluding carboxylic acids is 1. The Morgan fingerprint density at radius 3 is 1.80 bits per heavy atom. The van der Waals surface area contributed by atoms with Gasteiger partial charge in [0.15, 0.2) is 0 Å². The Hall–Kier alpha value is -0.0366. The van der Waals surface area contributed by atoms with Gasteiger partial charge in [-0.15, -0.1) is 0 Å². The van der Waals surface area contributed by atoms with Gasteiger partial charge in [0.2, 0.25) is 0 Å². The molecule has 0 heterocycles. The largest absolute Gasteiger partial charge is 0.395 e. The molecule has 0 spiro atoms. The number of primary amides is 1. The van der Waals surface area contributed by atoms with Crippen LogP contribution in [0.1, 0.15) is 0 Å². The molecule has 5 heavy (non-hydrogen) atoms. The van der Waals surface area contributed by atoms with Gasteiger partial charge in [-0.3, -0.25) is 0 Å². The van der Waals surface area contributed by atoms with Gasteiger partial charge < -0.3 is 17.5 Å². The number of nitrogens with two attached hydrogens (primary N) is 1. The van der Waals surface area contributed by atoms with Crippen LogP contribution in [0.2, 0.25) is 0 Å². The van der Waals surface area contributed by atoms with Crippen LogP contribution in [0.5, 0.6) is 0 Å². The van der Waals surface area contributed by atoms with Gasteiger partial charge in [0.1, 0.15) is 0 Å². The third-order valence-corrected chi connectivity index (χ3v) is 0. The van der Waals surface area contributed by atoms with Crippen LogP contribution < -0.4 is 5.73 Å². The second kappa shape index (κ2) is 3.96. The van der Waals surface area contributed by atoms with Gasteiger partial charge in [-0.25, -0.2) is 0 Å². The second-order valence-electron chi connectivity index (χ2n) is 0.466. The van der Waals surface area contributed by atoms with Gasteiger partial charge >= 0.3 is 0 Å². The van der Waals surface area contributed by atoms with Crippen molar-refractivity contribution in [3.05, 3.63) is 6.92 Å². The van der Waals surface area contributed by atoms with E-state index in [-0.39, 0.29) is 19.5 Å². The van der Waals surface area contributed by atoms with Crippen molar-refractivity contribution < 1.29 is 24.3 Å². The monoisotopic (exact) mass is 161 g/mol. The third kappa shape index (κ3) is 11400. The topological polar surface area (TPSA) is 43.1 Å². The first-order chi connectivity index (χ1) is 1.73. The molecule has 2 N–H and O–H groups in total. The van der Waals surface area contributed by atoms with E-state index < -0.39 is 5.91 Å². The minimum absolute atomic E-state index is 0. The molecular weight excluding hydrogens is 157 g/mol. The Morgan fingerprint density at radius 1 is 1.80 bits per heavy atom. The van der Waals surface area contributed by atoms with E-state index in [4.69, 9.17) is 4.79 Å². The maximum atomic E-state index is 9.11. The van der Waals surface area contributed by atoms with Gasteiger partial charge in [-0.1, -0.05) is 0 Å². The van der Waals surface area contributed by atoms with E-state index in [1.807, 2.05) is 0 Å². The first-order valence-electron chi connectivity index (χ1n) is 0.846. The average molecular weight is 161 g/mol. The first-order valence-corrected chi connectivity index (χ1v) is 0.846. The molecule has 0 aromatic carbocycles. The van der Waals surface area contributed by atoms with Crippen LogP contribution in [-0.4, -0.2) is 5.91 Å². The second-order valence-corrected chi connectivity index (χ2v) is 0.466. The quantitative estimate of drug-likeness (QED) is 0.370. The summed E-state index contributed by atoms with van der Waals surface area (Å²) in [4.78, 5) is 9.11. The van der Waals surface area contributed by atoms with Crippen molar-refractivity contribution in [1.82, 2.24) is 0 Å². The molecule has 0 saturated carbocycles. The first kappa shape index (κ1) is 8.88. The Morgan fingerprint density at radius 2 is 1.80 bits per heavy atom. The normalized spacial score (nSPS) is 4.80. The van der Waals surface area contributed by atoms with Crippen LogP contribution in [0.25, 0.3) is 0 Å². The number of carbonyl (C=O) groups is 1. The molecule has 2 nitrogen and oxygen atoms in total.